The molecule has 81 heavy (non-hydrogen) atoms. The molecule has 16 nitrogen and oxygen atoms in total. The number of carboxylic acid groups (broad SMARTS) is 1. The number of amides is 5. The summed E-state index contributed by atoms with van der Waals surface area (Å²) >= 11 is 0. The van der Waals surface area contributed by atoms with Gasteiger partial charge in [-0.3, -0.25) is 24.0 Å². The molecular formula is C64H129FN6O10. The van der Waals surface area contributed by atoms with Crippen LogP contribution in [0.4, 0.5) is 4.39 Å². The highest BCUT2D eigenvalue weighted by atomic mass is 19.1. The summed E-state index contributed by atoms with van der Waals surface area (Å²) in [6.07, 6.45) is 19.2. The van der Waals surface area contributed by atoms with Crippen LogP contribution in [0.1, 0.15) is 220 Å². The molecule has 0 fully saturated rings. The summed E-state index contributed by atoms with van der Waals surface area (Å²) in [5.74, 6) is 0.970. The second kappa shape index (κ2) is 66.3. The molecule has 1 aromatic carbocycles. The van der Waals surface area contributed by atoms with Crippen LogP contribution in [0.15, 0.2) is 24.3 Å². The highest BCUT2D eigenvalue weighted by Gasteiger charge is 2.38. The average molecular weight is 1160 g/mol. The number of carboxylic acids is 1. The number of halogens is 1. The Hall–Kier alpha value is -4.48. The Bertz CT molecular complexity index is 1530. The summed E-state index contributed by atoms with van der Waals surface area (Å²) in [5, 5.41) is 20.6. The zero-order chi connectivity index (χ0) is 65.0. The van der Waals surface area contributed by atoms with Crippen molar-refractivity contribution in [1.82, 2.24) is 25.3 Å². The number of aliphatic hydroxyl groups excluding tert-OH is 1. The average Bonchev–Trinajstić information content (AvgIpc) is 3.42. The third-order valence-electron chi connectivity index (χ3n) is 12.9. The van der Waals surface area contributed by atoms with Gasteiger partial charge < -0.3 is 50.8 Å². The molecule has 0 spiro atoms. The first kappa shape index (κ1) is 93.0. The van der Waals surface area contributed by atoms with Crippen molar-refractivity contribution in [1.29, 1.82) is 0 Å². The Morgan fingerprint density at radius 1 is 0.778 bits per heavy atom. The van der Waals surface area contributed by atoms with Gasteiger partial charge in [0.2, 0.25) is 31.5 Å². The number of methoxy groups -OCH3 is 1. The van der Waals surface area contributed by atoms with Crippen molar-refractivity contribution in [3.05, 3.63) is 35.6 Å². The number of ether oxygens (including phenoxy) is 1. The van der Waals surface area contributed by atoms with Gasteiger partial charge in [-0.05, 0) is 120 Å². The van der Waals surface area contributed by atoms with E-state index in [9.17, 15) is 28.4 Å². The zero-order valence-electron chi connectivity index (χ0n) is 55.9. The quantitative estimate of drug-likeness (QED) is 0.0328. The number of unbranched alkanes of at least 4 members (excludes halogenated alkanes) is 5. The number of hydrogen-bond acceptors (Lipinski definition) is 10. The van der Waals surface area contributed by atoms with Gasteiger partial charge in [-0.1, -0.05) is 167 Å². The maximum absolute atomic E-state index is 13.2. The fraction of sp³-hybridized carbons (Fsp3) is 0.797. The van der Waals surface area contributed by atoms with Gasteiger partial charge in [0.1, 0.15) is 18.6 Å². The lowest BCUT2D eigenvalue weighted by atomic mass is 9.71. The molecule has 1 rings (SSSR count). The number of carbonyl (C=O) groups is 7. The molecule has 1 aromatic rings. The second-order valence-corrected chi connectivity index (χ2v) is 22.4. The van der Waals surface area contributed by atoms with Crippen LogP contribution >= 0.6 is 0 Å². The number of hydrogen-bond donors (Lipinski definition) is 5. The molecule has 0 radical (unpaired) electrons. The Labute approximate surface area is 496 Å². The van der Waals surface area contributed by atoms with Crippen molar-refractivity contribution in [3.63, 3.8) is 0 Å². The normalized spacial score (nSPS) is 12.3. The van der Waals surface area contributed by atoms with Crippen LogP contribution in [0.3, 0.4) is 0 Å². The van der Waals surface area contributed by atoms with E-state index in [1.54, 1.807) is 6.07 Å². The van der Waals surface area contributed by atoms with Gasteiger partial charge in [0.05, 0.1) is 6.10 Å². The van der Waals surface area contributed by atoms with Crippen molar-refractivity contribution in [2.75, 3.05) is 55.0 Å². The molecule has 0 saturated carbocycles. The maximum atomic E-state index is 13.2. The van der Waals surface area contributed by atoms with Crippen molar-refractivity contribution in [3.8, 4) is 0 Å². The first-order chi connectivity index (χ1) is 38.2. The molecule has 6 N–H and O–H groups in total. The van der Waals surface area contributed by atoms with E-state index in [2.05, 4.69) is 120 Å². The van der Waals surface area contributed by atoms with E-state index in [1.165, 1.54) is 56.7 Å². The molecule has 5 amide bonds. The first-order valence-corrected chi connectivity index (χ1v) is 30.0. The Balaban J connectivity index is -0.000000155. The standard InChI is InChI=1S/C29H58N2O3.C10H10FNO3.C9H19NO.C8H18.C3H8.C2H7N.CH3NO.CH4O.CH2O/c1-11-24(7)28(26(12-2)34-10)25(8)29(23(5)6)30(9)27(33)18-14-13-15-19-31(21-32)20-16-17-22(3)4;11-8-4-2-1-3-7(8)5-9(10(14)15)12-6-13;1-4-5-6-7-10(8-11)9(2)3;1-5-6-7-8(2,3)4;2*1-3-2;2-1-3;2*1-2/h21-26,28-29H,11-20H2,1-10H3;1-4,6,9H,5H2,(H,12,13)(H,14,15);8-9H,4-7H2,1-3H3;5-7H2,1-4H3;3H2,1-2H3;3H,1-2H3;1H,(H2,2,3);2H,1H3;1H2/t24?,25-,26?,28?,29?;;;;;;;;/m0......../s1. The minimum atomic E-state index is -1.19. The van der Waals surface area contributed by atoms with Crippen LogP contribution in [0.2, 0.25) is 0 Å². The minimum Gasteiger partial charge on any atom is -0.480 e. The molecule has 0 aliphatic heterocycles. The van der Waals surface area contributed by atoms with Crippen LogP contribution < -0.4 is 16.4 Å². The molecule has 0 aliphatic rings. The van der Waals surface area contributed by atoms with E-state index in [1.807, 2.05) is 63.6 Å². The molecule has 6 atom stereocenters. The van der Waals surface area contributed by atoms with Crippen molar-refractivity contribution >= 4 is 44.3 Å². The van der Waals surface area contributed by atoms with Crippen LogP contribution in [0.25, 0.3) is 0 Å². The Kier molecular flexibility index (Phi) is 76.1. The lowest BCUT2D eigenvalue weighted by molar-refractivity contribution is -0.140. The number of rotatable bonds is 33. The number of carbonyl (C=O) groups excluding carboxylic acids is 6. The molecule has 0 bridgehead atoms. The third kappa shape index (κ3) is 58.5. The lowest BCUT2D eigenvalue weighted by Crippen LogP contribution is -2.49. The SMILES string of the molecule is C=O.CCC.CCC(C)C(C(CC)OC)[C@H](C)C(C(C)C)N(C)C(=O)CCCCCN(C=O)CCCC(C)C.CCCCC(C)(C)C.CCCCCN(C=O)C(C)C.CNC.CO.NC=O.O=CNC(Cc1ccccc1F)C(=O)O. The summed E-state index contributed by atoms with van der Waals surface area (Å²) in [7, 11) is 8.57. The molecular weight excluding hydrogens is 1030 g/mol. The molecule has 0 heterocycles. The van der Waals surface area contributed by atoms with Gasteiger partial charge in [0, 0.05) is 65.8 Å². The zero-order valence-corrected chi connectivity index (χ0v) is 55.9. The largest absolute Gasteiger partial charge is 0.480 e. The van der Waals surface area contributed by atoms with Gasteiger partial charge in [-0.25, -0.2) is 9.18 Å². The Morgan fingerprint density at radius 2 is 1.27 bits per heavy atom. The molecule has 482 valence electrons. The number of primary amides is 1. The Morgan fingerprint density at radius 3 is 1.63 bits per heavy atom. The van der Waals surface area contributed by atoms with Crippen molar-refractivity contribution in [2.24, 2.45) is 40.7 Å². The molecule has 0 aliphatic carbocycles. The van der Waals surface area contributed by atoms with E-state index in [0.29, 0.717) is 53.9 Å². The smallest absolute Gasteiger partial charge is 0.326 e. The predicted octanol–water partition coefficient (Wildman–Crippen LogP) is 12.3. The molecule has 5 unspecified atom stereocenters. The molecule has 0 saturated heterocycles. The van der Waals surface area contributed by atoms with Crippen LogP contribution in [0, 0.1) is 40.8 Å². The lowest BCUT2D eigenvalue weighted by Gasteiger charge is -2.44. The molecule has 17 heteroatoms. The number of nitrogens with two attached hydrogens (primary N) is 1. The molecule has 0 aromatic heterocycles. The van der Waals surface area contributed by atoms with Gasteiger partial charge in [-0.2, -0.15) is 0 Å². The number of benzene rings is 1. The summed E-state index contributed by atoms with van der Waals surface area (Å²) in [6, 6.07) is 5.30. The number of aliphatic hydroxyl groups is 1. The van der Waals surface area contributed by atoms with Gasteiger partial charge in [0.25, 0.3) is 0 Å². The van der Waals surface area contributed by atoms with E-state index in [-0.39, 0.29) is 36.4 Å². The fourth-order valence-electron chi connectivity index (χ4n) is 8.62. The fourth-order valence-corrected chi connectivity index (χ4v) is 8.62. The monoisotopic (exact) mass is 1160 g/mol. The van der Waals surface area contributed by atoms with Crippen molar-refractivity contribution < 1.29 is 52.9 Å². The van der Waals surface area contributed by atoms with E-state index in [0.717, 1.165) is 90.9 Å². The highest BCUT2D eigenvalue weighted by Crippen LogP contribution is 2.36. The second-order valence-electron chi connectivity index (χ2n) is 22.4. The van der Waals surface area contributed by atoms with Crippen LogP contribution in [-0.2, 0) is 44.7 Å². The summed E-state index contributed by atoms with van der Waals surface area (Å²) in [5.41, 5.74) is 4.98. The van der Waals surface area contributed by atoms with Gasteiger partial charge in [-0.15, -0.1) is 0 Å². The van der Waals surface area contributed by atoms with Crippen LogP contribution in [-0.4, -0.2) is 148 Å². The number of aliphatic carboxylic acids is 1. The van der Waals surface area contributed by atoms with Crippen molar-refractivity contribution in [2.45, 2.75) is 245 Å². The summed E-state index contributed by atoms with van der Waals surface area (Å²) < 4.78 is 19.0. The maximum Gasteiger partial charge on any atom is 0.326 e. The summed E-state index contributed by atoms with van der Waals surface area (Å²) in [6.45, 7) is 42.2. The first-order valence-electron chi connectivity index (χ1n) is 30.0. The minimum absolute atomic E-state index is 0.0687. The third-order valence-corrected chi connectivity index (χ3v) is 12.9. The van der Waals surface area contributed by atoms with E-state index >= 15 is 0 Å². The number of nitrogens with one attached hydrogen (secondary N) is 2. The highest BCUT2D eigenvalue weighted by molar-refractivity contribution is 5.77. The number of nitrogens with zero attached hydrogens (tertiary/aromatic N) is 3. The summed E-state index contributed by atoms with van der Waals surface area (Å²) in [4.78, 5) is 78.1. The topological polar surface area (TPSA) is 229 Å². The van der Waals surface area contributed by atoms with E-state index in [4.69, 9.17) is 24.5 Å². The predicted molar refractivity (Wildman–Crippen MR) is 338 cm³/mol. The van der Waals surface area contributed by atoms with Gasteiger partial charge in [0.15, 0.2) is 0 Å². The van der Waals surface area contributed by atoms with E-state index < -0.39 is 17.8 Å². The van der Waals surface area contributed by atoms with Gasteiger partial charge >= 0.3 is 5.97 Å². The van der Waals surface area contributed by atoms with Crippen LogP contribution in [0.5, 0.6) is 0 Å².